The molecule has 1 amide bonds. The summed E-state index contributed by atoms with van der Waals surface area (Å²) in [6, 6.07) is 10.5. The number of halogens is 1. The third kappa shape index (κ3) is 4.83. The maximum absolute atomic E-state index is 13.4. The fourth-order valence-corrected chi connectivity index (χ4v) is 4.92. The average molecular weight is 420 g/mol. The third-order valence-electron chi connectivity index (χ3n) is 5.27. The van der Waals surface area contributed by atoms with Gasteiger partial charge in [0, 0.05) is 31.9 Å². The van der Waals surface area contributed by atoms with Crippen molar-refractivity contribution in [3.63, 3.8) is 0 Å². The van der Waals surface area contributed by atoms with Crippen LogP contribution in [0.1, 0.15) is 18.1 Å². The third-order valence-corrected chi connectivity index (χ3v) is 7.17. The lowest BCUT2D eigenvalue weighted by Gasteiger charge is -2.36. The van der Waals surface area contributed by atoms with Crippen molar-refractivity contribution in [3.05, 3.63) is 59.4 Å². The molecule has 1 fully saturated rings. The maximum atomic E-state index is 13.4. The standard InChI is InChI=1S/C21H26FN3O3S/c1-15-7-8-20(16(2)13-15)23-21(26)17(3)24-9-11-25(12-10-24)29(27,28)19-6-4-5-18(22)14-19/h4-8,13-14,17H,9-12H2,1-3H3,(H,23,26). The molecule has 6 nitrogen and oxygen atoms in total. The van der Waals surface area contributed by atoms with Crippen molar-refractivity contribution in [3.8, 4) is 0 Å². The number of aryl methyl sites for hydroxylation is 2. The number of anilines is 1. The Hall–Kier alpha value is -2.29. The summed E-state index contributed by atoms with van der Waals surface area (Å²) in [5.74, 6) is -0.709. The summed E-state index contributed by atoms with van der Waals surface area (Å²) in [5, 5.41) is 2.95. The van der Waals surface area contributed by atoms with Gasteiger partial charge in [0.15, 0.2) is 0 Å². The Morgan fingerprint density at radius 1 is 1.07 bits per heavy atom. The highest BCUT2D eigenvalue weighted by molar-refractivity contribution is 7.89. The van der Waals surface area contributed by atoms with Gasteiger partial charge in [-0.25, -0.2) is 12.8 Å². The summed E-state index contributed by atoms with van der Waals surface area (Å²) in [5.41, 5.74) is 2.90. The quantitative estimate of drug-likeness (QED) is 0.809. The Labute approximate surface area is 171 Å². The number of sulfonamides is 1. The summed E-state index contributed by atoms with van der Waals surface area (Å²) in [6.45, 7) is 7.11. The number of hydrogen-bond acceptors (Lipinski definition) is 4. The second-order valence-corrected chi connectivity index (χ2v) is 9.32. The molecule has 1 unspecified atom stereocenters. The Morgan fingerprint density at radius 3 is 2.38 bits per heavy atom. The number of carbonyl (C=O) groups excluding carboxylic acids is 1. The van der Waals surface area contributed by atoms with E-state index in [0.29, 0.717) is 13.1 Å². The molecule has 3 rings (SSSR count). The molecule has 0 radical (unpaired) electrons. The highest BCUT2D eigenvalue weighted by atomic mass is 32.2. The fourth-order valence-electron chi connectivity index (χ4n) is 3.46. The van der Waals surface area contributed by atoms with Crippen molar-refractivity contribution in [1.29, 1.82) is 0 Å². The first kappa shape index (κ1) is 21.4. The van der Waals surface area contributed by atoms with Gasteiger partial charge in [-0.2, -0.15) is 4.31 Å². The maximum Gasteiger partial charge on any atom is 0.243 e. The highest BCUT2D eigenvalue weighted by Crippen LogP contribution is 2.20. The van der Waals surface area contributed by atoms with Crippen LogP contribution >= 0.6 is 0 Å². The van der Waals surface area contributed by atoms with Gasteiger partial charge < -0.3 is 5.32 Å². The van der Waals surface area contributed by atoms with E-state index in [4.69, 9.17) is 0 Å². The van der Waals surface area contributed by atoms with Crippen LogP contribution < -0.4 is 5.32 Å². The van der Waals surface area contributed by atoms with Crippen LogP contribution in [-0.2, 0) is 14.8 Å². The largest absolute Gasteiger partial charge is 0.324 e. The predicted octanol–water partition coefficient (Wildman–Crippen LogP) is 2.78. The molecule has 8 heteroatoms. The van der Waals surface area contributed by atoms with Crippen molar-refractivity contribution in [1.82, 2.24) is 9.21 Å². The van der Waals surface area contributed by atoms with Gasteiger partial charge in [0.25, 0.3) is 0 Å². The van der Waals surface area contributed by atoms with Crippen LogP contribution in [0.25, 0.3) is 0 Å². The van der Waals surface area contributed by atoms with Gasteiger partial charge in [0.2, 0.25) is 15.9 Å². The van der Waals surface area contributed by atoms with E-state index in [2.05, 4.69) is 5.32 Å². The molecule has 1 atom stereocenters. The number of nitrogens with zero attached hydrogens (tertiary/aromatic N) is 2. The van der Waals surface area contributed by atoms with E-state index in [1.54, 1.807) is 0 Å². The van der Waals surface area contributed by atoms with Gasteiger partial charge in [-0.1, -0.05) is 23.8 Å². The minimum absolute atomic E-state index is 0.0495. The summed E-state index contributed by atoms with van der Waals surface area (Å²) >= 11 is 0. The van der Waals surface area contributed by atoms with E-state index in [-0.39, 0.29) is 23.9 Å². The Morgan fingerprint density at radius 2 is 1.76 bits per heavy atom. The lowest BCUT2D eigenvalue weighted by molar-refractivity contribution is -0.121. The van der Waals surface area contributed by atoms with Gasteiger partial charge in [-0.3, -0.25) is 9.69 Å². The average Bonchev–Trinajstić information content (AvgIpc) is 2.69. The summed E-state index contributed by atoms with van der Waals surface area (Å²) in [4.78, 5) is 14.6. The molecule has 0 aromatic heterocycles. The number of rotatable bonds is 5. The van der Waals surface area contributed by atoms with Crippen molar-refractivity contribution < 1.29 is 17.6 Å². The highest BCUT2D eigenvalue weighted by Gasteiger charge is 2.32. The summed E-state index contributed by atoms with van der Waals surface area (Å²) < 4.78 is 40.2. The van der Waals surface area contributed by atoms with E-state index < -0.39 is 21.9 Å². The molecule has 1 aliphatic heterocycles. The van der Waals surface area contributed by atoms with Crippen LogP contribution in [0.5, 0.6) is 0 Å². The van der Waals surface area contributed by atoms with Gasteiger partial charge in [-0.15, -0.1) is 0 Å². The summed E-state index contributed by atoms with van der Waals surface area (Å²) in [6.07, 6.45) is 0. The lowest BCUT2D eigenvalue weighted by atomic mass is 10.1. The van der Waals surface area contributed by atoms with Crippen LogP contribution in [0.4, 0.5) is 10.1 Å². The molecule has 2 aromatic rings. The predicted molar refractivity (Wildman–Crippen MR) is 111 cm³/mol. The molecule has 29 heavy (non-hydrogen) atoms. The first-order valence-corrected chi connectivity index (χ1v) is 11.0. The molecule has 2 aromatic carbocycles. The van der Waals surface area contributed by atoms with E-state index in [0.717, 1.165) is 22.9 Å². The van der Waals surface area contributed by atoms with Crippen LogP contribution in [0.2, 0.25) is 0 Å². The number of carbonyl (C=O) groups is 1. The van der Waals surface area contributed by atoms with E-state index in [1.807, 2.05) is 43.9 Å². The second kappa shape index (κ2) is 8.61. The number of amides is 1. The SMILES string of the molecule is Cc1ccc(NC(=O)C(C)N2CCN(S(=O)(=O)c3cccc(F)c3)CC2)c(C)c1. The first-order chi connectivity index (χ1) is 13.7. The van der Waals surface area contributed by atoms with Gasteiger partial charge >= 0.3 is 0 Å². The van der Waals surface area contributed by atoms with Gasteiger partial charge in [0.1, 0.15) is 5.82 Å². The molecule has 1 heterocycles. The molecule has 0 spiro atoms. The number of piperazine rings is 1. The zero-order valence-corrected chi connectivity index (χ0v) is 17.7. The van der Waals surface area contributed by atoms with Crippen molar-refractivity contribution in [2.24, 2.45) is 0 Å². The minimum Gasteiger partial charge on any atom is -0.324 e. The smallest absolute Gasteiger partial charge is 0.243 e. The molecule has 1 N–H and O–H groups in total. The molecule has 0 saturated carbocycles. The number of benzene rings is 2. The molecular formula is C21H26FN3O3S. The van der Waals surface area contributed by atoms with Crippen LogP contribution in [0.15, 0.2) is 47.4 Å². The van der Waals surface area contributed by atoms with Gasteiger partial charge in [0.05, 0.1) is 10.9 Å². The number of hydrogen-bond donors (Lipinski definition) is 1. The van der Waals surface area contributed by atoms with Crippen molar-refractivity contribution >= 4 is 21.6 Å². The van der Waals surface area contributed by atoms with E-state index >= 15 is 0 Å². The zero-order chi connectivity index (χ0) is 21.2. The van der Waals surface area contributed by atoms with Crippen LogP contribution in [0.3, 0.4) is 0 Å². The minimum atomic E-state index is -3.75. The fraction of sp³-hybridized carbons (Fsp3) is 0.381. The summed E-state index contributed by atoms with van der Waals surface area (Å²) in [7, 11) is -3.75. The zero-order valence-electron chi connectivity index (χ0n) is 16.9. The van der Waals surface area contributed by atoms with E-state index in [1.165, 1.54) is 22.5 Å². The monoisotopic (exact) mass is 419 g/mol. The Balaban J connectivity index is 1.61. The Kier molecular flexibility index (Phi) is 6.36. The van der Waals surface area contributed by atoms with Crippen LogP contribution in [0, 0.1) is 19.7 Å². The molecule has 156 valence electrons. The Bertz CT molecular complexity index is 1000. The molecule has 0 aliphatic carbocycles. The lowest BCUT2D eigenvalue weighted by Crippen LogP contribution is -2.53. The van der Waals surface area contributed by atoms with Crippen molar-refractivity contribution in [2.75, 3.05) is 31.5 Å². The molecule has 1 aliphatic rings. The van der Waals surface area contributed by atoms with E-state index in [9.17, 15) is 17.6 Å². The number of nitrogens with one attached hydrogen (secondary N) is 1. The van der Waals surface area contributed by atoms with Gasteiger partial charge in [-0.05, 0) is 50.6 Å². The second-order valence-electron chi connectivity index (χ2n) is 7.38. The first-order valence-electron chi connectivity index (χ1n) is 9.56. The molecule has 1 saturated heterocycles. The normalized spacial score (nSPS) is 17.1. The molecule has 0 bridgehead atoms. The van der Waals surface area contributed by atoms with Crippen molar-refractivity contribution in [2.45, 2.75) is 31.7 Å². The van der Waals surface area contributed by atoms with Crippen LogP contribution in [-0.4, -0.2) is 55.8 Å². The molecular weight excluding hydrogens is 393 g/mol. The topological polar surface area (TPSA) is 69.7 Å².